The van der Waals surface area contributed by atoms with Crippen LogP contribution in [0.1, 0.15) is 27.2 Å². The van der Waals surface area contributed by atoms with Crippen molar-refractivity contribution in [2.24, 2.45) is 0 Å². The van der Waals surface area contributed by atoms with Crippen LogP contribution < -0.4 is 9.46 Å². The lowest BCUT2D eigenvalue weighted by Crippen LogP contribution is -2.23. The van der Waals surface area contributed by atoms with Crippen molar-refractivity contribution in [2.45, 2.75) is 25.0 Å². The van der Waals surface area contributed by atoms with Gasteiger partial charge < -0.3 is 13.9 Å². The second kappa shape index (κ2) is 8.93. The summed E-state index contributed by atoms with van der Waals surface area (Å²) in [7, 11) is -2.18. The number of hydrogen-bond acceptors (Lipinski definition) is 6. The lowest BCUT2D eigenvalue weighted by molar-refractivity contribution is 0.0470. The second-order valence-corrected chi connectivity index (χ2v) is 8.09. The van der Waals surface area contributed by atoms with Crippen LogP contribution in [0.25, 0.3) is 0 Å². The molecule has 0 saturated heterocycles. The Bertz CT molecular complexity index is 1070. The standard InChI is InChI=1S/C21H21NO6S/c1-15-5-10-20(26-2)17(12-15)14-28-21(23)16-6-8-19(9-7-16)29(24,25)22-13-18-4-3-11-27-18/h3-12,22H,13-14H2,1-2H3. The molecule has 0 aliphatic rings. The fourth-order valence-electron chi connectivity index (χ4n) is 2.68. The van der Waals surface area contributed by atoms with E-state index >= 15 is 0 Å². The number of rotatable bonds is 8. The van der Waals surface area contributed by atoms with Crippen LogP contribution in [0.5, 0.6) is 5.75 Å². The summed E-state index contributed by atoms with van der Waals surface area (Å²) in [4.78, 5) is 12.3. The van der Waals surface area contributed by atoms with Gasteiger partial charge in [-0.15, -0.1) is 0 Å². The van der Waals surface area contributed by atoms with Crippen LogP contribution in [0.2, 0.25) is 0 Å². The van der Waals surface area contributed by atoms with Crippen molar-refractivity contribution in [2.75, 3.05) is 7.11 Å². The van der Waals surface area contributed by atoms with Crippen LogP contribution in [0.4, 0.5) is 0 Å². The first-order valence-corrected chi connectivity index (χ1v) is 10.3. The highest BCUT2D eigenvalue weighted by Gasteiger charge is 2.16. The molecule has 0 aliphatic heterocycles. The van der Waals surface area contributed by atoms with Crippen molar-refractivity contribution in [3.63, 3.8) is 0 Å². The number of methoxy groups -OCH3 is 1. The first kappa shape index (κ1) is 20.6. The van der Waals surface area contributed by atoms with Gasteiger partial charge >= 0.3 is 5.97 Å². The molecule has 29 heavy (non-hydrogen) atoms. The maximum atomic E-state index is 12.3. The molecule has 0 fully saturated rings. The molecule has 0 saturated carbocycles. The van der Waals surface area contributed by atoms with Crippen molar-refractivity contribution in [1.82, 2.24) is 4.72 Å². The average molecular weight is 415 g/mol. The normalized spacial score (nSPS) is 11.2. The number of carbonyl (C=O) groups excluding carboxylic acids is 1. The molecule has 3 rings (SSSR count). The third-order valence-corrected chi connectivity index (χ3v) is 5.63. The molecule has 0 atom stereocenters. The second-order valence-electron chi connectivity index (χ2n) is 6.32. The molecule has 0 bridgehead atoms. The van der Waals surface area contributed by atoms with Crippen LogP contribution >= 0.6 is 0 Å². The van der Waals surface area contributed by atoms with Crippen LogP contribution in [-0.4, -0.2) is 21.5 Å². The minimum absolute atomic E-state index is 0.0391. The molecular weight excluding hydrogens is 394 g/mol. The van der Waals surface area contributed by atoms with Gasteiger partial charge in [0, 0.05) is 5.56 Å². The minimum Gasteiger partial charge on any atom is -0.496 e. The van der Waals surface area contributed by atoms with Crippen LogP contribution in [-0.2, 0) is 27.9 Å². The van der Waals surface area contributed by atoms with E-state index in [0.717, 1.165) is 11.1 Å². The summed E-state index contributed by atoms with van der Waals surface area (Å²) in [5, 5.41) is 0. The molecular formula is C21H21NO6S. The van der Waals surface area contributed by atoms with E-state index in [9.17, 15) is 13.2 Å². The van der Waals surface area contributed by atoms with E-state index in [0.29, 0.717) is 11.5 Å². The number of ether oxygens (including phenoxy) is 2. The lowest BCUT2D eigenvalue weighted by atomic mass is 10.1. The highest BCUT2D eigenvalue weighted by molar-refractivity contribution is 7.89. The van der Waals surface area contributed by atoms with Crippen molar-refractivity contribution in [3.05, 3.63) is 83.3 Å². The third-order valence-electron chi connectivity index (χ3n) is 4.21. The number of sulfonamides is 1. The fraction of sp³-hybridized carbons (Fsp3) is 0.190. The Morgan fingerprint density at radius 3 is 2.52 bits per heavy atom. The van der Waals surface area contributed by atoms with Gasteiger partial charge in [-0.1, -0.05) is 11.6 Å². The summed E-state index contributed by atoms with van der Waals surface area (Å²) in [6, 6.07) is 14.5. The van der Waals surface area contributed by atoms with E-state index in [1.165, 1.54) is 30.5 Å². The van der Waals surface area contributed by atoms with Gasteiger partial charge in [-0.05, 0) is 55.5 Å². The molecule has 3 aromatic rings. The maximum Gasteiger partial charge on any atom is 0.338 e. The van der Waals surface area contributed by atoms with E-state index in [1.807, 2.05) is 25.1 Å². The van der Waals surface area contributed by atoms with Crippen molar-refractivity contribution < 1.29 is 27.1 Å². The van der Waals surface area contributed by atoms with Gasteiger partial charge in [0.2, 0.25) is 10.0 Å². The maximum absolute atomic E-state index is 12.3. The Hall–Kier alpha value is -3.10. The topological polar surface area (TPSA) is 94.8 Å². The van der Waals surface area contributed by atoms with Crippen molar-refractivity contribution >= 4 is 16.0 Å². The Morgan fingerprint density at radius 1 is 1.10 bits per heavy atom. The van der Waals surface area contributed by atoms with E-state index in [4.69, 9.17) is 13.9 Å². The van der Waals surface area contributed by atoms with Gasteiger partial charge in [0.05, 0.1) is 30.4 Å². The summed E-state index contributed by atoms with van der Waals surface area (Å²) in [5.74, 6) is 0.578. The van der Waals surface area contributed by atoms with Crippen molar-refractivity contribution in [1.29, 1.82) is 0 Å². The summed E-state index contributed by atoms with van der Waals surface area (Å²) in [5.41, 5.74) is 2.03. The molecule has 2 aromatic carbocycles. The summed E-state index contributed by atoms with van der Waals surface area (Å²) in [6.07, 6.45) is 1.47. The van der Waals surface area contributed by atoms with Gasteiger partial charge in [-0.25, -0.2) is 17.9 Å². The van der Waals surface area contributed by atoms with Gasteiger partial charge in [-0.2, -0.15) is 0 Å². The molecule has 8 heteroatoms. The Balaban J connectivity index is 1.63. The Morgan fingerprint density at radius 2 is 1.86 bits per heavy atom. The fourth-order valence-corrected chi connectivity index (χ4v) is 3.67. The highest BCUT2D eigenvalue weighted by atomic mass is 32.2. The molecule has 0 aliphatic carbocycles. The van der Waals surface area contributed by atoms with Crippen LogP contribution in [0.15, 0.2) is 70.2 Å². The Kier molecular flexibility index (Phi) is 6.36. The van der Waals surface area contributed by atoms with Gasteiger partial charge in [0.25, 0.3) is 0 Å². The third kappa shape index (κ3) is 5.24. The summed E-state index contributed by atoms with van der Waals surface area (Å²) >= 11 is 0. The molecule has 0 radical (unpaired) electrons. The quantitative estimate of drug-likeness (QED) is 0.567. The number of nitrogens with one attached hydrogen (secondary N) is 1. The number of aryl methyl sites for hydroxylation is 1. The SMILES string of the molecule is COc1ccc(C)cc1COC(=O)c1ccc(S(=O)(=O)NCc2ccco2)cc1. The number of furan rings is 1. The zero-order chi connectivity index (χ0) is 20.9. The smallest absolute Gasteiger partial charge is 0.338 e. The molecule has 1 heterocycles. The molecule has 152 valence electrons. The van der Waals surface area contributed by atoms with Crippen LogP contribution in [0, 0.1) is 6.92 Å². The monoisotopic (exact) mass is 415 g/mol. The molecule has 0 unspecified atom stereocenters. The van der Waals surface area contributed by atoms with E-state index in [1.54, 1.807) is 19.2 Å². The molecule has 7 nitrogen and oxygen atoms in total. The van der Waals surface area contributed by atoms with Gasteiger partial charge in [-0.3, -0.25) is 0 Å². The van der Waals surface area contributed by atoms with Gasteiger partial charge in [0.15, 0.2) is 0 Å². The van der Waals surface area contributed by atoms with Gasteiger partial charge in [0.1, 0.15) is 18.1 Å². The first-order chi connectivity index (χ1) is 13.9. The Labute approximate surface area is 169 Å². The largest absolute Gasteiger partial charge is 0.496 e. The molecule has 1 aromatic heterocycles. The first-order valence-electron chi connectivity index (χ1n) is 8.82. The number of esters is 1. The van der Waals surface area contributed by atoms with Crippen molar-refractivity contribution in [3.8, 4) is 5.75 Å². The van der Waals surface area contributed by atoms with Crippen LogP contribution in [0.3, 0.4) is 0 Å². The summed E-state index contributed by atoms with van der Waals surface area (Å²) < 4.78 is 42.8. The minimum atomic E-state index is -3.73. The molecule has 1 N–H and O–H groups in total. The number of carbonyl (C=O) groups is 1. The molecule has 0 spiro atoms. The summed E-state index contributed by atoms with van der Waals surface area (Å²) in [6.45, 7) is 2.02. The van der Waals surface area contributed by atoms with E-state index in [-0.39, 0.29) is 23.6 Å². The predicted octanol–water partition coefficient (Wildman–Crippen LogP) is 3.43. The lowest BCUT2D eigenvalue weighted by Gasteiger charge is -2.11. The zero-order valence-corrected chi connectivity index (χ0v) is 16.9. The predicted molar refractivity (Wildman–Crippen MR) is 106 cm³/mol. The molecule has 0 amide bonds. The van der Waals surface area contributed by atoms with E-state index in [2.05, 4.69) is 4.72 Å². The number of hydrogen-bond donors (Lipinski definition) is 1. The highest BCUT2D eigenvalue weighted by Crippen LogP contribution is 2.21. The number of benzene rings is 2. The van der Waals surface area contributed by atoms with E-state index < -0.39 is 16.0 Å². The zero-order valence-electron chi connectivity index (χ0n) is 16.0. The average Bonchev–Trinajstić information content (AvgIpc) is 3.24.